The van der Waals surface area contributed by atoms with Crippen molar-refractivity contribution in [2.75, 3.05) is 12.4 Å². The second-order valence-corrected chi connectivity index (χ2v) is 6.01. The average Bonchev–Trinajstić information content (AvgIpc) is 2.54. The summed E-state index contributed by atoms with van der Waals surface area (Å²) < 4.78 is 6.02. The maximum Gasteiger partial charge on any atom is 0.224 e. The van der Waals surface area contributed by atoms with E-state index in [4.69, 9.17) is 4.74 Å². The van der Waals surface area contributed by atoms with Crippen molar-refractivity contribution in [1.29, 1.82) is 0 Å². The monoisotopic (exact) mass is 375 g/mol. The highest BCUT2D eigenvalue weighted by Crippen LogP contribution is 2.23. The number of ketones is 1. The number of methoxy groups -OCH3 is 1. The molecule has 0 spiro atoms. The third-order valence-corrected chi connectivity index (χ3v) is 4.07. The summed E-state index contributed by atoms with van der Waals surface area (Å²) in [5, 5.41) is 2.79. The van der Waals surface area contributed by atoms with Crippen LogP contribution in [0.1, 0.15) is 28.8 Å². The van der Waals surface area contributed by atoms with E-state index in [-0.39, 0.29) is 24.5 Å². The van der Waals surface area contributed by atoms with Crippen LogP contribution in [0.5, 0.6) is 5.75 Å². The fourth-order valence-corrected chi connectivity index (χ4v) is 2.56. The molecule has 0 aromatic heterocycles. The van der Waals surface area contributed by atoms with Gasteiger partial charge in [-0.3, -0.25) is 9.59 Å². The van der Waals surface area contributed by atoms with Crippen molar-refractivity contribution in [3.8, 4) is 5.75 Å². The van der Waals surface area contributed by atoms with Gasteiger partial charge in [0.15, 0.2) is 5.78 Å². The van der Waals surface area contributed by atoms with E-state index in [1.165, 1.54) is 7.11 Å². The molecule has 0 aliphatic rings. The number of carbonyl (C=O) groups excluding carboxylic acids is 2. The van der Waals surface area contributed by atoms with Crippen LogP contribution in [0.25, 0.3) is 0 Å². The molecule has 120 valence electrons. The molecule has 1 N–H and O–H groups in total. The second kappa shape index (κ2) is 7.92. The van der Waals surface area contributed by atoms with Crippen molar-refractivity contribution in [2.45, 2.75) is 19.8 Å². The van der Waals surface area contributed by atoms with E-state index in [2.05, 4.69) is 21.2 Å². The third kappa shape index (κ3) is 4.66. The Morgan fingerprint density at radius 1 is 1.13 bits per heavy atom. The molecule has 2 aromatic rings. The number of halogens is 1. The number of carbonyl (C=O) groups is 2. The summed E-state index contributed by atoms with van der Waals surface area (Å²) in [7, 11) is 1.53. The van der Waals surface area contributed by atoms with Crippen molar-refractivity contribution in [3.05, 3.63) is 58.1 Å². The van der Waals surface area contributed by atoms with Gasteiger partial charge >= 0.3 is 0 Å². The number of anilines is 1. The predicted molar refractivity (Wildman–Crippen MR) is 94.1 cm³/mol. The number of nitrogens with one attached hydrogen (secondary N) is 1. The number of ether oxygens (including phenoxy) is 1. The van der Waals surface area contributed by atoms with Gasteiger partial charge in [0.25, 0.3) is 0 Å². The molecule has 0 aliphatic heterocycles. The molecule has 0 saturated carbocycles. The molecule has 4 nitrogen and oxygen atoms in total. The number of para-hydroxylation sites is 1. The summed E-state index contributed by atoms with van der Waals surface area (Å²) in [6.07, 6.45) is 0.257. The minimum absolute atomic E-state index is 0.104. The Bertz CT molecular complexity index is 728. The Hall–Kier alpha value is -2.14. The lowest BCUT2D eigenvalue weighted by atomic mass is 10.0. The number of aryl methyl sites for hydroxylation is 1. The van der Waals surface area contributed by atoms with Crippen LogP contribution in [0, 0.1) is 6.92 Å². The van der Waals surface area contributed by atoms with Gasteiger partial charge in [-0.2, -0.15) is 0 Å². The van der Waals surface area contributed by atoms with Crippen LogP contribution in [0.15, 0.2) is 46.9 Å². The zero-order chi connectivity index (χ0) is 16.8. The SMILES string of the molecule is COc1ccc(C)cc1C(=O)CCC(=O)Nc1ccccc1Br. The van der Waals surface area contributed by atoms with Crippen molar-refractivity contribution < 1.29 is 14.3 Å². The zero-order valence-electron chi connectivity index (χ0n) is 13.1. The summed E-state index contributed by atoms with van der Waals surface area (Å²) in [4.78, 5) is 24.3. The van der Waals surface area contributed by atoms with Crippen LogP contribution in [0.4, 0.5) is 5.69 Å². The second-order valence-electron chi connectivity index (χ2n) is 5.15. The van der Waals surface area contributed by atoms with E-state index in [1.54, 1.807) is 18.2 Å². The molecule has 0 aliphatic carbocycles. The fraction of sp³-hybridized carbons (Fsp3) is 0.222. The summed E-state index contributed by atoms with van der Waals surface area (Å²) in [5.41, 5.74) is 2.19. The van der Waals surface area contributed by atoms with Crippen molar-refractivity contribution in [3.63, 3.8) is 0 Å². The number of rotatable bonds is 6. The van der Waals surface area contributed by atoms with Crippen molar-refractivity contribution in [2.24, 2.45) is 0 Å². The summed E-state index contributed by atoms with van der Waals surface area (Å²) >= 11 is 3.37. The first-order valence-electron chi connectivity index (χ1n) is 7.23. The average molecular weight is 376 g/mol. The number of hydrogen-bond donors (Lipinski definition) is 1. The molecule has 2 aromatic carbocycles. The molecule has 0 unspecified atom stereocenters. The van der Waals surface area contributed by atoms with Crippen molar-refractivity contribution in [1.82, 2.24) is 0 Å². The Labute approximate surface area is 144 Å². The maximum absolute atomic E-state index is 12.3. The first-order chi connectivity index (χ1) is 11.0. The van der Waals surface area contributed by atoms with Gasteiger partial charge in [-0.25, -0.2) is 0 Å². The van der Waals surface area contributed by atoms with Gasteiger partial charge < -0.3 is 10.1 Å². The largest absolute Gasteiger partial charge is 0.496 e. The lowest BCUT2D eigenvalue weighted by molar-refractivity contribution is -0.116. The van der Waals surface area contributed by atoms with Crippen LogP contribution < -0.4 is 10.1 Å². The van der Waals surface area contributed by atoms with Gasteiger partial charge in [0.1, 0.15) is 5.75 Å². The standard InChI is InChI=1S/C18H18BrNO3/c1-12-7-9-17(23-2)13(11-12)16(21)8-10-18(22)20-15-6-4-3-5-14(15)19/h3-7,9,11H,8,10H2,1-2H3,(H,20,22). The van der Waals surface area contributed by atoms with Crippen molar-refractivity contribution >= 4 is 33.3 Å². The Morgan fingerprint density at radius 3 is 2.57 bits per heavy atom. The van der Waals surface area contributed by atoms with E-state index < -0.39 is 0 Å². The molecule has 1 amide bonds. The zero-order valence-corrected chi connectivity index (χ0v) is 14.6. The van der Waals surface area contributed by atoms with Crippen LogP contribution in [-0.2, 0) is 4.79 Å². The quantitative estimate of drug-likeness (QED) is 0.762. The number of Topliss-reactive ketones (excluding diaryl/α,β-unsaturated/α-hetero) is 1. The lowest BCUT2D eigenvalue weighted by Gasteiger charge is -2.09. The van der Waals surface area contributed by atoms with Gasteiger partial charge in [0.05, 0.1) is 18.4 Å². The molecular weight excluding hydrogens is 358 g/mol. The third-order valence-electron chi connectivity index (χ3n) is 3.38. The smallest absolute Gasteiger partial charge is 0.224 e. The minimum Gasteiger partial charge on any atom is -0.496 e. The predicted octanol–water partition coefficient (Wildman–Crippen LogP) is 4.37. The van der Waals surface area contributed by atoms with Gasteiger partial charge in [-0.05, 0) is 47.1 Å². The van der Waals surface area contributed by atoms with E-state index in [0.717, 1.165) is 10.0 Å². The Morgan fingerprint density at radius 2 is 1.87 bits per heavy atom. The molecule has 23 heavy (non-hydrogen) atoms. The number of benzene rings is 2. The van der Waals surface area contributed by atoms with E-state index in [9.17, 15) is 9.59 Å². The van der Waals surface area contributed by atoms with Crippen LogP contribution in [0.3, 0.4) is 0 Å². The molecule has 0 bridgehead atoms. The molecular formula is C18H18BrNO3. The van der Waals surface area contributed by atoms with Gasteiger partial charge in [-0.15, -0.1) is 0 Å². The lowest BCUT2D eigenvalue weighted by Crippen LogP contribution is -2.14. The van der Waals surface area contributed by atoms with Crippen LogP contribution in [0.2, 0.25) is 0 Å². The highest BCUT2D eigenvalue weighted by atomic mass is 79.9. The van der Waals surface area contributed by atoms with Gasteiger partial charge in [0, 0.05) is 17.3 Å². The highest BCUT2D eigenvalue weighted by Gasteiger charge is 2.14. The summed E-state index contributed by atoms with van der Waals surface area (Å²) in [6, 6.07) is 12.8. The Balaban J connectivity index is 1.98. The van der Waals surface area contributed by atoms with Crippen LogP contribution in [-0.4, -0.2) is 18.8 Å². The summed E-state index contributed by atoms with van der Waals surface area (Å²) in [6.45, 7) is 1.91. The molecule has 5 heteroatoms. The molecule has 2 rings (SSSR count). The molecule has 0 fully saturated rings. The van der Waals surface area contributed by atoms with Gasteiger partial charge in [-0.1, -0.05) is 23.8 Å². The molecule has 0 heterocycles. The molecule has 0 saturated heterocycles. The Kier molecular flexibility index (Phi) is 5.93. The number of hydrogen-bond acceptors (Lipinski definition) is 3. The molecule has 0 atom stereocenters. The van der Waals surface area contributed by atoms with E-state index >= 15 is 0 Å². The maximum atomic E-state index is 12.3. The molecule has 0 radical (unpaired) electrons. The van der Waals surface area contributed by atoms with Crippen LogP contribution >= 0.6 is 15.9 Å². The number of amides is 1. The van der Waals surface area contributed by atoms with E-state index in [1.807, 2.05) is 31.2 Å². The summed E-state index contributed by atoms with van der Waals surface area (Å²) in [5.74, 6) is 0.233. The van der Waals surface area contributed by atoms with E-state index in [0.29, 0.717) is 17.0 Å². The van der Waals surface area contributed by atoms with Gasteiger partial charge in [0.2, 0.25) is 5.91 Å². The minimum atomic E-state index is -0.197. The normalized spacial score (nSPS) is 10.2. The first kappa shape index (κ1) is 17.2. The highest BCUT2D eigenvalue weighted by molar-refractivity contribution is 9.10. The topological polar surface area (TPSA) is 55.4 Å². The fourth-order valence-electron chi connectivity index (χ4n) is 2.18. The first-order valence-corrected chi connectivity index (χ1v) is 8.03.